The lowest BCUT2D eigenvalue weighted by atomic mass is 9.86. The van der Waals surface area contributed by atoms with E-state index < -0.39 is 0 Å². The maximum absolute atomic E-state index is 4.32. The van der Waals surface area contributed by atoms with Crippen molar-refractivity contribution in [2.24, 2.45) is 5.92 Å². The number of likely N-dealkylation sites (N-methyl/N-ethyl adjacent to an activating group) is 1. The summed E-state index contributed by atoms with van der Waals surface area (Å²) >= 11 is 0. The summed E-state index contributed by atoms with van der Waals surface area (Å²) in [5.41, 5.74) is 1.12. The highest BCUT2D eigenvalue weighted by Crippen LogP contribution is 2.25. The zero-order chi connectivity index (χ0) is 10.6. The summed E-state index contributed by atoms with van der Waals surface area (Å²) in [6.45, 7) is 6.63. The Bertz CT molecular complexity index is 258. The summed E-state index contributed by atoms with van der Waals surface area (Å²) in [6, 6.07) is 2.43. The van der Waals surface area contributed by atoms with Gasteiger partial charge in [0, 0.05) is 23.9 Å². The van der Waals surface area contributed by atoms with Gasteiger partial charge in [-0.05, 0) is 26.0 Å². The molecule has 0 saturated heterocycles. The molecule has 1 aromatic rings. The highest BCUT2D eigenvalue weighted by atomic mass is 14.9. The molecule has 0 radical (unpaired) electrons. The molecule has 78 valence electrons. The van der Waals surface area contributed by atoms with Gasteiger partial charge in [-0.1, -0.05) is 13.8 Å². The van der Waals surface area contributed by atoms with Gasteiger partial charge in [0.25, 0.3) is 0 Å². The topological polar surface area (TPSA) is 37.8 Å². The van der Waals surface area contributed by atoms with Gasteiger partial charge in [0.05, 0.1) is 0 Å². The predicted octanol–water partition coefficient (Wildman–Crippen LogP) is 1.82. The SMILES string of the molecule is CNC(C)C(c1ccncn1)C(C)C. The molecule has 0 aromatic carbocycles. The molecule has 0 fully saturated rings. The first-order chi connectivity index (χ1) is 6.66. The van der Waals surface area contributed by atoms with E-state index in [0.717, 1.165) is 5.69 Å². The molecule has 1 rings (SSSR count). The van der Waals surface area contributed by atoms with Crippen LogP contribution in [0.3, 0.4) is 0 Å². The van der Waals surface area contributed by atoms with Crippen LogP contribution in [0.4, 0.5) is 0 Å². The fourth-order valence-corrected chi connectivity index (χ4v) is 1.85. The molecule has 1 aromatic heterocycles. The second-order valence-corrected chi connectivity index (χ2v) is 3.98. The van der Waals surface area contributed by atoms with E-state index in [9.17, 15) is 0 Å². The second kappa shape index (κ2) is 5.05. The van der Waals surface area contributed by atoms with Crippen LogP contribution < -0.4 is 5.32 Å². The molecule has 2 unspecified atom stereocenters. The molecule has 2 atom stereocenters. The van der Waals surface area contributed by atoms with Crippen molar-refractivity contribution in [2.75, 3.05) is 7.05 Å². The monoisotopic (exact) mass is 193 g/mol. The zero-order valence-electron chi connectivity index (χ0n) is 9.36. The lowest BCUT2D eigenvalue weighted by Gasteiger charge is -2.26. The number of aromatic nitrogens is 2. The van der Waals surface area contributed by atoms with Gasteiger partial charge in [0.1, 0.15) is 6.33 Å². The van der Waals surface area contributed by atoms with Crippen LogP contribution in [0.1, 0.15) is 32.4 Å². The first-order valence-electron chi connectivity index (χ1n) is 5.10. The summed E-state index contributed by atoms with van der Waals surface area (Å²) < 4.78 is 0. The third-order valence-corrected chi connectivity index (χ3v) is 2.66. The molecular formula is C11H19N3. The fraction of sp³-hybridized carbons (Fsp3) is 0.636. The molecule has 0 bridgehead atoms. The minimum atomic E-state index is 0.435. The molecule has 0 amide bonds. The van der Waals surface area contributed by atoms with Crippen molar-refractivity contribution in [1.29, 1.82) is 0 Å². The number of nitrogens with one attached hydrogen (secondary N) is 1. The van der Waals surface area contributed by atoms with Gasteiger partial charge >= 0.3 is 0 Å². The van der Waals surface area contributed by atoms with Crippen LogP contribution >= 0.6 is 0 Å². The van der Waals surface area contributed by atoms with Gasteiger partial charge < -0.3 is 5.32 Å². The van der Waals surface area contributed by atoms with E-state index in [0.29, 0.717) is 17.9 Å². The smallest absolute Gasteiger partial charge is 0.115 e. The van der Waals surface area contributed by atoms with E-state index in [4.69, 9.17) is 0 Å². The Balaban J connectivity index is 2.89. The summed E-state index contributed by atoms with van der Waals surface area (Å²) in [6.07, 6.45) is 3.42. The lowest BCUT2D eigenvalue weighted by molar-refractivity contribution is 0.388. The molecule has 1 N–H and O–H groups in total. The van der Waals surface area contributed by atoms with Gasteiger partial charge in [-0.15, -0.1) is 0 Å². The fourth-order valence-electron chi connectivity index (χ4n) is 1.85. The molecule has 0 aliphatic heterocycles. The number of hydrogen-bond acceptors (Lipinski definition) is 3. The van der Waals surface area contributed by atoms with E-state index in [-0.39, 0.29) is 0 Å². The third kappa shape index (κ3) is 2.51. The second-order valence-electron chi connectivity index (χ2n) is 3.98. The molecule has 3 heteroatoms. The van der Waals surface area contributed by atoms with Crippen molar-refractivity contribution in [3.63, 3.8) is 0 Å². The van der Waals surface area contributed by atoms with Gasteiger partial charge in [0.15, 0.2) is 0 Å². The minimum absolute atomic E-state index is 0.435. The third-order valence-electron chi connectivity index (χ3n) is 2.66. The van der Waals surface area contributed by atoms with E-state index in [1.807, 2.05) is 13.1 Å². The Labute approximate surface area is 86.0 Å². The Morgan fingerprint density at radius 2 is 2.00 bits per heavy atom. The summed E-state index contributed by atoms with van der Waals surface area (Å²) in [5, 5.41) is 3.28. The number of nitrogens with zero attached hydrogens (tertiary/aromatic N) is 2. The van der Waals surface area contributed by atoms with Gasteiger partial charge in [-0.25, -0.2) is 9.97 Å². The van der Waals surface area contributed by atoms with Crippen LogP contribution in [0.5, 0.6) is 0 Å². The molecule has 0 saturated carbocycles. The quantitative estimate of drug-likeness (QED) is 0.792. The van der Waals surface area contributed by atoms with Crippen molar-refractivity contribution in [1.82, 2.24) is 15.3 Å². The van der Waals surface area contributed by atoms with Crippen LogP contribution in [0.15, 0.2) is 18.6 Å². The van der Waals surface area contributed by atoms with Crippen molar-refractivity contribution < 1.29 is 0 Å². The summed E-state index contributed by atoms with van der Waals surface area (Å²) in [7, 11) is 1.99. The standard InChI is InChI=1S/C11H19N3/c1-8(2)11(9(3)12-4)10-5-6-13-7-14-10/h5-9,11-12H,1-4H3. The number of hydrogen-bond donors (Lipinski definition) is 1. The van der Waals surface area contributed by atoms with Gasteiger partial charge in [-0.2, -0.15) is 0 Å². The highest BCUT2D eigenvalue weighted by Gasteiger charge is 2.22. The average molecular weight is 193 g/mol. The van der Waals surface area contributed by atoms with Crippen LogP contribution in [-0.2, 0) is 0 Å². The zero-order valence-corrected chi connectivity index (χ0v) is 9.36. The minimum Gasteiger partial charge on any atom is -0.317 e. The Morgan fingerprint density at radius 3 is 2.43 bits per heavy atom. The number of rotatable bonds is 4. The van der Waals surface area contributed by atoms with Crippen molar-refractivity contribution >= 4 is 0 Å². The molecule has 0 aliphatic rings. The van der Waals surface area contributed by atoms with Gasteiger partial charge in [-0.3, -0.25) is 0 Å². The Morgan fingerprint density at radius 1 is 1.29 bits per heavy atom. The average Bonchev–Trinajstić information content (AvgIpc) is 2.19. The van der Waals surface area contributed by atoms with E-state index in [1.165, 1.54) is 0 Å². The van der Waals surface area contributed by atoms with Crippen molar-refractivity contribution in [2.45, 2.75) is 32.7 Å². The molecular weight excluding hydrogens is 174 g/mol. The van der Waals surface area contributed by atoms with Crippen molar-refractivity contribution in [3.05, 3.63) is 24.3 Å². The summed E-state index contributed by atoms with van der Waals surface area (Å²) in [4.78, 5) is 8.26. The van der Waals surface area contributed by atoms with Crippen LogP contribution in [0, 0.1) is 5.92 Å². The van der Waals surface area contributed by atoms with E-state index in [2.05, 4.69) is 36.1 Å². The molecule has 14 heavy (non-hydrogen) atoms. The maximum atomic E-state index is 4.32. The maximum Gasteiger partial charge on any atom is 0.115 e. The van der Waals surface area contributed by atoms with Crippen LogP contribution in [-0.4, -0.2) is 23.1 Å². The highest BCUT2D eigenvalue weighted by molar-refractivity contribution is 5.09. The molecule has 0 aliphatic carbocycles. The molecule has 1 heterocycles. The molecule has 0 spiro atoms. The van der Waals surface area contributed by atoms with Crippen LogP contribution in [0.25, 0.3) is 0 Å². The first kappa shape index (κ1) is 11.1. The Hall–Kier alpha value is -0.960. The lowest BCUT2D eigenvalue weighted by Crippen LogP contribution is -2.32. The predicted molar refractivity (Wildman–Crippen MR) is 58.1 cm³/mol. The summed E-state index contributed by atoms with van der Waals surface area (Å²) in [5.74, 6) is 1.02. The van der Waals surface area contributed by atoms with Gasteiger partial charge in [0.2, 0.25) is 0 Å². The van der Waals surface area contributed by atoms with E-state index >= 15 is 0 Å². The van der Waals surface area contributed by atoms with Crippen LogP contribution in [0.2, 0.25) is 0 Å². The van der Waals surface area contributed by atoms with Crippen molar-refractivity contribution in [3.8, 4) is 0 Å². The normalized spacial score (nSPS) is 15.5. The first-order valence-corrected chi connectivity index (χ1v) is 5.10. The Kier molecular flexibility index (Phi) is 4.01. The van der Waals surface area contributed by atoms with E-state index in [1.54, 1.807) is 12.5 Å². The largest absolute Gasteiger partial charge is 0.317 e. The molecule has 3 nitrogen and oxygen atoms in total.